The Bertz CT molecular complexity index is 1030. The summed E-state index contributed by atoms with van der Waals surface area (Å²) in [6.45, 7) is 5.42. The van der Waals surface area contributed by atoms with Gasteiger partial charge in [0.05, 0.1) is 6.04 Å². The van der Waals surface area contributed by atoms with Crippen molar-refractivity contribution in [3.8, 4) is 11.1 Å². The number of fused-ring (bicyclic) bond motifs is 3. The minimum absolute atomic E-state index is 0.0971. The Morgan fingerprint density at radius 1 is 1.03 bits per heavy atom. The molecule has 8 nitrogen and oxygen atoms in total. The Labute approximate surface area is 192 Å². The molecule has 2 atom stereocenters. The number of benzene rings is 2. The average molecular weight is 453 g/mol. The van der Waals surface area contributed by atoms with Gasteiger partial charge >= 0.3 is 18.2 Å². The van der Waals surface area contributed by atoms with Crippen LogP contribution in [-0.4, -0.2) is 59.0 Å². The number of ether oxygens (including phenoxy) is 2. The number of carboxylic acids is 1. The van der Waals surface area contributed by atoms with Crippen LogP contribution in [0, 0.1) is 0 Å². The number of alkyl carbamates (subject to hydrolysis) is 1. The van der Waals surface area contributed by atoms with Gasteiger partial charge in [-0.25, -0.2) is 14.4 Å². The number of amides is 2. The second-order valence-corrected chi connectivity index (χ2v) is 9.32. The maximum absolute atomic E-state index is 12.9. The highest BCUT2D eigenvalue weighted by Gasteiger charge is 2.44. The number of carbonyl (C=O) groups excluding carboxylic acids is 2. The van der Waals surface area contributed by atoms with Gasteiger partial charge in [0.2, 0.25) is 0 Å². The lowest BCUT2D eigenvalue weighted by Gasteiger charge is -2.26. The molecule has 0 bridgehead atoms. The largest absolute Gasteiger partial charge is 0.480 e. The first-order chi connectivity index (χ1) is 15.7. The van der Waals surface area contributed by atoms with Crippen LogP contribution in [-0.2, 0) is 14.3 Å². The van der Waals surface area contributed by atoms with Crippen LogP contribution < -0.4 is 5.32 Å². The standard InChI is InChI=1S/C25H28N2O6/c1-25(2,3)33-23(30)26-20-12-13-27(21(20)22(28)29)24(31)32-14-19-17-10-6-4-8-15(17)16-9-5-7-11-18(16)19/h4-11,19-21H,12-14H2,1-3H3,(H,26,30)(H,28,29)/t20-,21+/m1/s1. The van der Waals surface area contributed by atoms with E-state index in [0.717, 1.165) is 27.2 Å². The normalized spacial score (nSPS) is 19.5. The van der Waals surface area contributed by atoms with E-state index in [1.54, 1.807) is 20.8 Å². The monoisotopic (exact) mass is 452 g/mol. The molecule has 0 saturated carbocycles. The first kappa shape index (κ1) is 22.6. The van der Waals surface area contributed by atoms with Crippen molar-refractivity contribution < 1.29 is 29.0 Å². The zero-order valence-corrected chi connectivity index (χ0v) is 18.9. The molecule has 2 aromatic rings. The number of hydrogen-bond donors (Lipinski definition) is 2. The van der Waals surface area contributed by atoms with Crippen LogP contribution in [0.5, 0.6) is 0 Å². The summed E-state index contributed by atoms with van der Waals surface area (Å²) in [6, 6.07) is 14.0. The SMILES string of the molecule is CC(C)(C)OC(=O)N[C@@H]1CCN(C(=O)OCC2c3ccccc3-c3ccccc32)[C@@H]1C(=O)O. The molecule has 2 aliphatic rings. The lowest BCUT2D eigenvalue weighted by Crippen LogP contribution is -2.52. The van der Waals surface area contributed by atoms with Crippen LogP contribution in [0.1, 0.15) is 44.2 Å². The van der Waals surface area contributed by atoms with E-state index in [1.807, 2.05) is 48.5 Å². The van der Waals surface area contributed by atoms with Crippen molar-refractivity contribution in [3.63, 3.8) is 0 Å². The molecule has 2 aromatic carbocycles. The molecule has 174 valence electrons. The lowest BCUT2D eigenvalue weighted by molar-refractivity contribution is -0.142. The van der Waals surface area contributed by atoms with Crippen LogP contribution >= 0.6 is 0 Å². The highest BCUT2D eigenvalue weighted by molar-refractivity contribution is 5.83. The first-order valence-corrected chi connectivity index (χ1v) is 11.0. The average Bonchev–Trinajstić information content (AvgIpc) is 3.30. The number of rotatable bonds is 4. The molecular formula is C25H28N2O6. The maximum Gasteiger partial charge on any atom is 0.410 e. The third-order valence-electron chi connectivity index (χ3n) is 5.92. The van der Waals surface area contributed by atoms with Crippen molar-refractivity contribution in [1.82, 2.24) is 10.2 Å². The summed E-state index contributed by atoms with van der Waals surface area (Å²) in [7, 11) is 0. The fraction of sp³-hybridized carbons (Fsp3) is 0.400. The predicted molar refractivity (Wildman–Crippen MR) is 121 cm³/mol. The van der Waals surface area contributed by atoms with Gasteiger partial charge in [-0.15, -0.1) is 0 Å². The van der Waals surface area contributed by atoms with Crippen LogP contribution in [0.2, 0.25) is 0 Å². The predicted octanol–water partition coefficient (Wildman–Crippen LogP) is 3.99. The van der Waals surface area contributed by atoms with Crippen LogP contribution in [0.15, 0.2) is 48.5 Å². The minimum Gasteiger partial charge on any atom is -0.480 e. The van der Waals surface area contributed by atoms with Crippen molar-refractivity contribution in [2.24, 2.45) is 0 Å². The molecule has 1 aliphatic heterocycles. The fourth-order valence-corrected chi connectivity index (χ4v) is 4.59. The molecule has 0 spiro atoms. The Balaban J connectivity index is 1.44. The third kappa shape index (κ3) is 4.65. The highest BCUT2D eigenvalue weighted by Crippen LogP contribution is 2.44. The van der Waals surface area contributed by atoms with Crippen molar-refractivity contribution in [3.05, 3.63) is 59.7 Å². The van der Waals surface area contributed by atoms with Crippen molar-refractivity contribution in [2.75, 3.05) is 13.2 Å². The summed E-state index contributed by atoms with van der Waals surface area (Å²) < 4.78 is 10.8. The molecule has 0 aromatic heterocycles. The quantitative estimate of drug-likeness (QED) is 0.727. The van der Waals surface area contributed by atoms with Crippen LogP contribution in [0.3, 0.4) is 0 Å². The summed E-state index contributed by atoms with van der Waals surface area (Å²) in [5.74, 6) is -1.33. The molecule has 0 radical (unpaired) electrons. The zero-order valence-electron chi connectivity index (χ0n) is 18.9. The second kappa shape index (κ2) is 8.77. The number of nitrogens with one attached hydrogen (secondary N) is 1. The van der Waals surface area contributed by atoms with Crippen LogP contribution in [0.25, 0.3) is 11.1 Å². The molecule has 8 heteroatoms. The van der Waals surface area contributed by atoms with Crippen molar-refractivity contribution >= 4 is 18.2 Å². The number of carbonyl (C=O) groups is 3. The molecule has 1 heterocycles. The van der Waals surface area contributed by atoms with E-state index < -0.39 is 35.8 Å². The number of nitrogens with zero attached hydrogens (tertiary/aromatic N) is 1. The molecule has 4 rings (SSSR count). The summed E-state index contributed by atoms with van der Waals surface area (Å²) in [5, 5.41) is 12.3. The topological polar surface area (TPSA) is 105 Å². The van der Waals surface area contributed by atoms with Crippen molar-refractivity contribution in [1.29, 1.82) is 0 Å². The minimum atomic E-state index is -1.23. The van der Waals surface area contributed by atoms with E-state index in [2.05, 4.69) is 5.32 Å². The molecule has 1 saturated heterocycles. The van der Waals surface area contributed by atoms with E-state index >= 15 is 0 Å². The van der Waals surface area contributed by atoms with Gasteiger partial charge in [-0.05, 0) is 49.4 Å². The number of carboxylic acid groups (broad SMARTS) is 1. The van der Waals surface area contributed by atoms with Gasteiger partial charge < -0.3 is 19.9 Å². The third-order valence-corrected chi connectivity index (χ3v) is 5.92. The van der Waals surface area contributed by atoms with Crippen LogP contribution in [0.4, 0.5) is 9.59 Å². The number of likely N-dealkylation sites (tertiary alicyclic amines) is 1. The van der Waals surface area contributed by atoms with E-state index in [1.165, 1.54) is 0 Å². The lowest BCUT2D eigenvalue weighted by atomic mass is 9.98. The molecule has 0 unspecified atom stereocenters. The zero-order chi connectivity index (χ0) is 23.8. The van der Waals surface area contributed by atoms with Gasteiger partial charge in [0.1, 0.15) is 12.2 Å². The Hall–Kier alpha value is -3.55. The molecule has 1 aliphatic carbocycles. The number of aliphatic carboxylic acids is 1. The number of hydrogen-bond acceptors (Lipinski definition) is 5. The maximum atomic E-state index is 12.9. The molecular weight excluding hydrogens is 424 g/mol. The second-order valence-electron chi connectivity index (χ2n) is 9.32. The molecule has 2 amide bonds. The van der Waals surface area contributed by atoms with Gasteiger partial charge in [-0.1, -0.05) is 48.5 Å². The Morgan fingerprint density at radius 2 is 1.61 bits per heavy atom. The summed E-state index contributed by atoms with van der Waals surface area (Å²) in [6.07, 6.45) is -1.13. The Kier molecular flexibility index (Phi) is 6.01. The fourth-order valence-electron chi connectivity index (χ4n) is 4.59. The summed E-state index contributed by atoms with van der Waals surface area (Å²) >= 11 is 0. The molecule has 33 heavy (non-hydrogen) atoms. The Morgan fingerprint density at radius 3 is 2.15 bits per heavy atom. The van der Waals surface area contributed by atoms with Gasteiger partial charge in [0, 0.05) is 12.5 Å². The summed E-state index contributed by atoms with van der Waals surface area (Å²) in [5.41, 5.74) is 3.66. The van der Waals surface area contributed by atoms with Gasteiger partial charge in [0.25, 0.3) is 0 Å². The van der Waals surface area contributed by atoms with E-state index in [-0.39, 0.29) is 19.1 Å². The van der Waals surface area contributed by atoms with Crippen molar-refractivity contribution in [2.45, 2.75) is 50.8 Å². The van der Waals surface area contributed by atoms with Gasteiger partial charge in [-0.3, -0.25) is 4.90 Å². The van der Waals surface area contributed by atoms with E-state index in [9.17, 15) is 19.5 Å². The molecule has 2 N–H and O–H groups in total. The van der Waals surface area contributed by atoms with Gasteiger partial charge in [0.15, 0.2) is 6.04 Å². The van der Waals surface area contributed by atoms with E-state index in [0.29, 0.717) is 6.42 Å². The van der Waals surface area contributed by atoms with Gasteiger partial charge in [-0.2, -0.15) is 0 Å². The smallest absolute Gasteiger partial charge is 0.410 e. The summed E-state index contributed by atoms with van der Waals surface area (Å²) in [4.78, 5) is 38.1. The highest BCUT2D eigenvalue weighted by atomic mass is 16.6. The van der Waals surface area contributed by atoms with E-state index in [4.69, 9.17) is 9.47 Å². The first-order valence-electron chi connectivity index (χ1n) is 11.0. The molecule has 1 fully saturated rings.